The highest BCUT2D eigenvalue weighted by Gasteiger charge is 2.39. The molecule has 4 aromatic heterocycles. The molecular weight excluding hydrogens is 616 g/mol. The molecule has 0 bridgehead atoms. The van der Waals surface area contributed by atoms with Crippen molar-refractivity contribution >= 4 is 17.2 Å². The van der Waals surface area contributed by atoms with E-state index < -0.39 is 19.1 Å². The number of rotatable bonds is 11. The number of aromatic nitrogens is 9. The number of benzene rings is 1. The number of halogens is 4. The molecular formula is C27H26F4N12O3. The fraction of sp³-hybridized carbons (Fsp3) is 0.370. The number of hydrogen-bond donors (Lipinski definition) is 1. The summed E-state index contributed by atoms with van der Waals surface area (Å²) >= 11 is 0. The molecule has 5 aromatic rings. The van der Waals surface area contributed by atoms with Gasteiger partial charge >= 0.3 is 13.2 Å². The van der Waals surface area contributed by atoms with E-state index in [1.165, 1.54) is 27.8 Å². The molecule has 0 spiro atoms. The number of carbonyl (C=O) groups is 1. The molecule has 1 amide bonds. The quantitative estimate of drug-likeness (QED) is 0.212. The first-order chi connectivity index (χ1) is 22.2. The summed E-state index contributed by atoms with van der Waals surface area (Å²) in [6.07, 6.45) is 5.85. The van der Waals surface area contributed by atoms with E-state index >= 15 is 0 Å². The second kappa shape index (κ2) is 12.0. The number of tetrazole rings is 1. The second-order valence-electron chi connectivity index (χ2n) is 10.9. The Labute approximate surface area is 257 Å². The Balaban J connectivity index is 1.19. The normalized spacial score (nSPS) is 16.2. The minimum atomic E-state index is -3.24. The molecule has 2 aliphatic rings. The van der Waals surface area contributed by atoms with Crippen molar-refractivity contribution in [3.63, 3.8) is 0 Å². The largest absolute Gasteiger partial charge is 0.435 e. The lowest BCUT2D eigenvalue weighted by Crippen LogP contribution is -2.64. The monoisotopic (exact) mass is 642 g/mol. The van der Waals surface area contributed by atoms with E-state index in [9.17, 15) is 22.4 Å². The third-order valence-electron chi connectivity index (χ3n) is 7.73. The van der Waals surface area contributed by atoms with Crippen LogP contribution in [0.25, 0.3) is 16.9 Å². The Morgan fingerprint density at radius 1 is 1.07 bits per heavy atom. The Hall–Kier alpha value is -5.17. The van der Waals surface area contributed by atoms with Gasteiger partial charge in [0, 0.05) is 50.8 Å². The van der Waals surface area contributed by atoms with Gasteiger partial charge in [-0.2, -0.15) is 32.6 Å². The highest BCUT2D eigenvalue weighted by molar-refractivity contribution is 6.09. The smallest absolute Gasteiger partial charge is 0.387 e. The minimum Gasteiger partial charge on any atom is -0.435 e. The summed E-state index contributed by atoms with van der Waals surface area (Å²) in [5.74, 6) is -1.05. The number of fused-ring (bicyclic) bond motifs is 1. The molecule has 0 radical (unpaired) electrons. The zero-order chi connectivity index (χ0) is 31.9. The fourth-order valence-corrected chi connectivity index (χ4v) is 5.49. The highest BCUT2D eigenvalue weighted by atomic mass is 19.3. The van der Waals surface area contributed by atoms with Gasteiger partial charge in [0.2, 0.25) is 0 Å². The number of likely N-dealkylation sites (N-methyl/N-ethyl adjacent to an activating group) is 1. The first-order valence-corrected chi connectivity index (χ1v) is 14.1. The lowest BCUT2D eigenvalue weighted by molar-refractivity contribution is -0.0526. The lowest BCUT2D eigenvalue weighted by atomic mass is 10.0. The van der Waals surface area contributed by atoms with Crippen molar-refractivity contribution in [1.82, 2.24) is 54.4 Å². The Morgan fingerprint density at radius 3 is 2.63 bits per heavy atom. The number of ether oxygens (including phenoxy) is 2. The van der Waals surface area contributed by atoms with Gasteiger partial charge in [-0.05, 0) is 36.5 Å². The third kappa shape index (κ3) is 5.93. The molecule has 240 valence electrons. The molecule has 2 aliphatic heterocycles. The van der Waals surface area contributed by atoms with Gasteiger partial charge in [-0.15, -0.1) is 10.2 Å². The summed E-state index contributed by atoms with van der Waals surface area (Å²) in [7, 11) is 2.08. The van der Waals surface area contributed by atoms with Crippen LogP contribution in [-0.4, -0.2) is 113 Å². The number of amides is 1. The molecule has 0 atom stereocenters. The van der Waals surface area contributed by atoms with Gasteiger partial charge in [0.05, 0.1) is 23.5 Å². The topological polar surface area (TPSA) is 146 Å². The molecule has 19 heteroatoms. The number of likely N-dealkylation sites (tertiary alicyclic amines) is 2. The number of carbonyl (C=O) groups excluding carboxylic acids is 1. The number of nitrogens with one attached hydrogen (secondary N) is 1. The van der Waals surface area contributed by atoms with Crippen LogP contribution in [0.1, 0.15) is 22.2 Å². The predicted molar refractivity (Wildman–Crippen MR) is 151 cm³/mol. The molecule has 6 heterocycles. The summed E-state index contributed by atoms with van der Waals surface area (Å²) in [5, 5.41) is 24.1. The molecule has 2 fully saturated rings. The van der Waals surface area contributed by atoms with Crippen molar-refractivity contribution in [2.45, 2.75) is 31.9 Å². The van der Waals surface area contributed by atoms with Gasteiger partial charge in [-0.3, -0.25) is 14.4 Å². The standard InChI is InChI=1S/C27H26F4N12O3/c1-39-9-15(10-39)40-11-16(12-40)43-36-22(35-38-43)14-41-13-20(34-25(44)19-8-33-42-6-2-5-32-24(19)42)23(37-41)18-7-17(45-26(28)29)3-4-21(18)46-27(30)31/h2-8,13,15-16,26-27H,9-12,14H2,1H3,(H,34,44). The molecule has 2 saturated heterocycles. The maximum absolute atomic E-state index is 13.4. The van der Waals surface area contributed by atoms with Crippen LogP contribution < -0.4 is 14.8 Å². The molecule has 46 heavy (non-hydrogen) atoms. The average molecular weight is 643 g/mol. The first-order valence-electron chi connectivity index (χ1n) is 14.1. The molecule has 7 rings (SSSR count). The van der Waals surface area contributed by atoms with Gasteiger partial charge in [0.15, 0.2) is 11.5 Å². The van der Waals surface area contributed by atoms with Crippen molar-refractivity contribution in [1.29, 1.82) is 0 Å². The summed E-state index contributed by atoms with van der Waals surface area (Å²) in [6, 6.07) is 5.42. The van der Waals surface area contributed by atoms with Crippen LogP contribution in [-0.2, 0) is 6.54 Å². The van der Waals surface area contributed by atoms with Gasteiger partial charge in [0.1, 0.15) is 29.3 Å². The molecule has 15 nitrogen and oxygen atoms in total. The Kier molecular flexibility index (Phi) is 7.69. The van der Waals surface area contributed by atoms with Crippen LogP contribution in [0, 0.1) is 0 Å². The van der Waals surface area contributed by atoms with Gasteiger partial charge in [-0.1, -0.05) is 0 Å². The van der Waals surface area contributed by atoms with Gasteiger partial charge in [-0.25, -0.2) is 9.50 Å². The number of alkyl halides is 4. The minimum absolute atomic E-state index is 0.0107. The van der Waals surface area contributed by atoms with E-state index in [0.29, 0.717) is 11.9 Å². The van der Waals surface area contributed by atoms with Crippen LogP contribution in [0.15, 0.2) is 49.1 Å². The SMILES string of the molecule is CN1CC(N2CC(n3nnc(Cn4cc(NC(=O)c5cnn6cccnc56)c(-c5cc(OC(F)F)ccc5OC(F)F)n4)n3)C2)C1. The average Bonchev–Trinajstić information content (AvgIpc) is 3.71. The van der Waals surface area contributed by atoms with Crippen LogP contribution in [0.5, 0.6) is 11.5 Å². The van der Waals surface area contributed by atoms with E-state index in [1.54, 1.807) is 17.1 Å². The van der Waals surface area contributed by atoms with E-state index in [-0.39, 0.29) is 52.2 Å². The summed E-state index contributed by atoms with van der Waals surface area (Å²) < 4.78 is 64.7. The Bertz CT molecular complexity index is 1870. The van der Waals surface area contributed by atoms with Crippen molar-refractivity contribution in [2.75, 3.05) is 38.5 Å². The van der Waals surface area contributed by atoms with Crippen molar-refractivity contribution in [3.05, 3.63) is 60.4 Å². The zero-order valence-corrected chi connectivity index (χ0v) is 24.1. The zero-order valence-electron chi connectivity index (χ0n) is 24.1. The fourth-order valence-electron chi connectivity index (χ4n) is 5.49. The molecule has 0 saturated carbocycles. The van der Waals surface area contributed by atoms with Crippen molar-refractivity contribution < 1.29 is 31.8 Å². The van der Waals surface area contributed by atoms with Gasteiger partial charge in [0.25, 0.3) is 5.91 Å². The van der Waals surface area contributed by atoms with E-state index in [4.69, 9.17) is 0 Å². The number of hydrogen-bond acceptors (Lipinski definition) is 11. The lowest BCUT2D eigenvalue weighted by Gasteiger charge is -2.50. The Morgan fingerprint density at radius 2 is 1.87 bits per heavy atom. The van der Waals surface area contributed by atoms with E-state index in [0.717, 1.165) is 44.4 Å². The van der Waals surface area contributed by atoms with Crippen LogP contribution in [0.4, 0.5) is 23.2 Å². The molecule has 1 aromatic carbocycles. The summed E-state index contributed by atoms with van der Waals surface area (Å²) in [6.45, 7) is -2.77. The summed E-state index contributed by atoms with van der Waals surface area (Å²) in [4.78, 5) is 23.7. The summed E-state index contributed by atoms with van der Waals surface area (Å²) in [5.41, 5.74) is 0.216. The highest BCUT2D eigenvalue weighted by Crippen LogP contribution is 2.38. The molecule has 0 unspecified atom stereocenters. The molecule has 0 aliphatic carbocycles. The third-order valence-corrected chi connectivity index (χ3v) is 7.73. The second-order valence-corrected chi connectivity index (χ2v) is 10.9. The van der Waals surface area contributed by atoms with Gasteiger partial charge < -0.3 is 19.7 Å². The van der Waals surface area contributed by atoms with E-state index in [2.05, 4.69) is 62.2 Å². The predicted octanol–water partition coefficient (Wildman–Crippen LogP) is 2.25. The maximum Gasteiger partial charge on any atom is 0.387 e. The van der Waals surface area contributed by atoms with Crippen LogP contribution >= 0.6 is 0 Å². The number of anilines is 1. The van der Waals surface area contributed by atoms with Crippen LogP contribution in [0.2, 0.25) is 0 Å². The van der Waals surface area contributed by atoms with Crippen molar-refractivity contribution in [3.8, 4) is 22.8 Å². The maximum atomic E-state index is 13.4. The number of nitrogens with zero attached hydrogens (tertiary/aromatic N) is 11. The van der Waals surface area contributed by atoms with Crippen molar-refractivity contribution in [2.24, 2.45) is 0 Å². The van der Waals surface area contributed by atoms with E-state index in [1.807, 2.05) is 0 Å². The van der Waals surface area contributed by atoms with Crippen LogP contribution in [0.3, 0.4) is 0 Å². The molecule has 1 N–H and O–H groups in total. The first kappa shape index (κ1) is 29.5.